The molecule has 0 heterocycles. The third kappa shape index (κ3) is 2.07. The van der Waals surface area contributed by atoms with E-state index in [1.807, 2.05) is 0 Å². The number of allylic oxidation sites excluding steroid dienone is 2. The molecular formula is C11H9FO2. The van der Waals surface area contributed by atoms with Crippen LogP contribution < -0.4 is 0 Å². The SMILES string of the molecule is C=CC(=C(F)C(=O)O)c1ccccc1. The molecule has 1 aromatic rings. The summed E-state index contributed by atoms with van der Waals surface area (Å²) in [4.78, 5) is 10.4. The Morgan fingerprint density at radius 3 is 2.36 bits per heavy atom. The molecule has 14 heavy (non-hydrogen) atoms. The van der Waals surface area contributed by atoms with Crippen LogP contribution in [0.25, 0.3) is 5.57 Å². The highest BCUT2D eigenvalue weighted by molar-refractivity contribution is 5.96. The van der Waals surface area contributed by atoms with Crippen LogP contribution >= 0.6 is 0 Å². The monoisotopic (exact) mass is 192 g/mol. The minimum absolute atomic E-state index is 0.00176. The van der Waals surface area contributed by atoms with E-state index in [9.17, 15) is 9.18 Å². The molecule has 0 amide bonds. The van der Waals surface area contributed by atoms with Crippen molar-refractivity contribution in [2.45, 2.75) is 0 Å². The number of benzene rings is 1. The average molecular weight is 192 g/mol. The van der Waals surface area contributed by atoms with Crippen molar-refractivity contribution in [3.05, 3.63) is 54.4 Å². The number of halogens is 1. The summed E-state index contributed by atoms with van der Waals surface area (Å²) in [5.41, 5.74) is 0.500. The molecule has 1 rings (SSSR count). The Morgan fingerprint density at radius 1 is 1.36 bits per heavy atom. The lowest BCUT2D eigenvalue weighted by molar-refractivity contribution is -0.134. The van der Waals surface area contributed by atoms with Gasteiger partial charge in [0.1, 0.15) is 0 Å². The molecule has 0 radical (unpaired) electrons. The van der Waals surface area contributed by atoms with Gasteiger partial charge in [0, 0.05) is 5.57 Å². The van der Waals surface area contributed by atoms with E-state index in [1.165, 1.54) is 6.08 Å². The van der Waals surface area contributed by atoms with E-state index in [0.717, 1.165) is 0 Å². The van der Waals surface area contributed by atoms with Gasteiger partial charge in [-0.05, 0) is 5.56 Å². The Hall–Kier alpha value is -1.90. The van der Waals surface area contributed by atoms with Crippen molar-refractivity contribution in [1.29, 1.82) is 0 Å². The largest absolute Gasteiger partial charge is 0.476 e. The summed E-state index contributed by atoms with van der Waals surface area (Å²) in [6, 6.07) is 8.42. The molecule has 72 valence electrons. The van der Waals surface area contributed by atoms with Crippen LogP contribution in [0.4, 0.5) is 4.39 Å². The van der Waals surface area contributed by atoms with E-state index in [1.54, 1.807) is 30.3 Å². The Balaban J connectivity index is 3.24. The Labute approximate surface area is 81.0 Å². The lowest BCUT2D eigenvalue weighted by atomic mass is 10.1. The zero-order valence-electron chi connectivity index (χ0n) is 7.40. The zero-order valence-corrected chi connectivity index (χ0v) is 7.40. The molecule has 0 bridgehead atoms. The fourth-order valence-corrected chi connectivity index (χ4v) is 1.07. The van der Waals surface area contributed by atoms with E-state index in [4.69, 9.17) is 5.11 Å². The number of hydrogen-bond acceptors (Lipinski definition) is 1. The fourth-order valence-electron chi connectivity index (χ4n) is 1.07. The second-order valence-corrected chi connectivity index (χ2v) is 2.60. The highest BCUT2D eigenvalue weighted by Crippen LogP contribution is 2.20. The van der Waals surface area contributed by atoms with Gasteiger partial charge in [0.15, 0.2) is 0 Å². The molecule has 0 unspecified atom stereocenters. The molecule has 0 aromatic heterocycles. The second-order valence-electron chi connectivity index (χ2n) is 2.60. The first-order valence-corrected chi connectivity index (χ1v) is 3.97. The van der Waals surface area contributed by atoms with Crippen LogP contribution in [-0.4, -0.2) is 11.1 Å². The van der Waals surface area contributed by atoms with Gasteiger partial charge in [-0.2, -0.15) is 4.39 Å². The second kappa shape index (κ2) is 4.37. The first kappa shape index (κ1) is 10.2. The average Bonchev–Trinajstić information content (AvgIpc) is 2.20. The predicted octanol–water partition coefficient (Wildman–Crippen LogP) is 2.64. The molecule has 1 N–H and O–H groups in total. The highest BCUT2D eigenvalue weighted by atomic mass is 19.1. The number of hydrogen-bond donors (Lipinski definition) is 1. The Bertz CT molecular complexity index is 380. The summed E-state index contributed by atoms with van der Waals surface area (Å²) in [5.74, 6) is -2.77. The topological polar surface area (TPSA) is 37.3 Å². The molecule has 0 saturated carbocycles. The van der Waals surface area contributed by atoms with E-state index in [2.05, 4.69) is 6.58 Å². The first-order valence-electron chi connectivity index (χ1n) is 3.97. The number of carboxylic acids is 1. The van der Waals surface area contributed by atoms with Crippen LogP contribution in [0.2, 0.25) is 0 Å². The van der Waals surface area contributed by atoms with Gasteiger partial charge in [0.25, 0.3) is 0 Å². The number of rotatable bonds is 3. The van der Waals surface area contributed by atoms with Crippen LogP contribution in [0.5, 0.6) is 0 Å². The standard InChI is InChI=1S/C11H9FO2/c1-2-9(10(12)11(13)14)8-6-4-3-5-7-8/h2-7H,1H2,(H,13,14). The summed E-state index contributed by atoms with van der Waals surface area (Å²) in [5, 5.41) is 8.46. The molecule has 1 aromatic carbocycles. The van der Waals surface area contributed by atoms with E-state index < -0.39 is 11.8 Å². The summed E-state index contributed by atoms with van der Waals surface area (Å²) in [6.45, 7) is 3.38. The molecule has 0 atom stereocenters. The minimum Gasteiger partial charge on any atom is -0.476 e. The van der Waals surface area contributed by atoms with Gasteiger partial charge >= 0.3 is 5.97 Å². The van der Waals surface area contributed by atoms with Gasteiger partial charge in [0.2, 0.25) is 5.83 Å². The van der Waals surface area contributed by atoms with E-state index >= 15 is 0 Å². The third-order valence-electron chi connectivity index (χ3n) is 1.71. The van der Waals surface area contributed by atoms with Crippen molar-refractivity contribution < 1.29 is 14.3 Å². The van der Waals surface area contributed by atoms with E-state index in [-0.39, 0.29) is 5.57 Å². The van der Waals surface area contributed by atoms with Gasteiger partial charge in [-0.15, -0.1) is 0 Å². The molecular weight excluding hydrogens is 183 g/mol. The molecule has 0 aliphatic rings. The number of carboxylic acid groups (broad SMARTS) is 1. The Kier molecular flexibility index (Phi) is 3.18. The van der Waals surface area contributed by atoms with Crippen LogP contribution in [0, 0.1) is 0 Å². The van der Waals surface area contributed by atoms with Crippen molar-refractivity contribution in [3.8, 4) is 0 Å². The smallest absolute Gasteiger partial charge is 0.365 e. The van der Waals surface area contributed by atoms with Gasteiger partial charge in [-0.25, -0.2) is 4.79 Å². The zero-order chi connectivity index (χ0) is 10.6. The molecule has 0 aliphatic heterocycles. The summed E-state index contributed by atoms with van der Waals surface area (Å²) in [7, 11) is 0. The van der Waals surface area contributed by atoms with Gasteiger partial charge in [-0.3, -0.25) is 0 Å². The van der Waals surface area contributed by atoms with Crippen LogP contribution in [0.15, 0.2) is 48.8 Å². The first-order chi connectivity index (χ1) is 6.66. The molecule has 2 nitrogen and oxygen atoms in total. The maximum absolute atomic E-state index is 13.1. The quantitative estimate of drug-likeness (QED) is 0.590. The predicted molar refractivity (Wildman–Crippen MR) is 52.3 cm³/mol. The van der Waals surface area contributed by atoms with Crippen molar-refractivity contribution in [1.82, 2.24) is 0 Å². The van der Waals surface area contributed by atoms with Crippen molar-refractivity contribution >= 4 is 11.5 Å². The highest BCUT2D eigenvalue weighted by Gasteiger charge is 2.12. The lowest BCUT2D eigenvalue weighted by Crippen LogP contribution is -1.98. The number of carbonyl (C=O) groups is 1. The normalized spacial score (nSPS) is 11.8. The number of aliphatic carboxylic acids is 1. The molecule has 0 saturated heterocycles. The fraction of sp³-hybridized carbons (Fsp3) is 0. The summed E-state index contributed by atoms with van der Waals surface area (Å²) in [6.07, 6.45) is 1.19. The molecule has 0 fully saturated rings. The van der Waals surface area contributed by atoms with Crippen LogP contribution in [0.1, 0.15) is 5.56 Å². The Morgan fingerprint density at radius 2 is 1.93 bits per heavy atom. The van der Waals surface area contributed by atoms with Crippen LogP contribution in [-0.2, 0) is 4.79 Å². The summed E-state index contributed by atoms with van der Waals surface area (Å²) < 4.78 is 13.1. The minimum atomic E-state index is -1.58. The molecule has 0 spiro atoms. The summed E-state index contributed by atoms with van der Waals surface area (Å²) >= 11 is 0. The maximum atomic E-state index is 13.1. The molecule has 3 heteroatoms. The van der Waals surface area contributed by atoms with E-state index in [0.29, 0.717) is 5.56 Å². The van der Waals surface area contributed by atoms with Gasteiger partial charge in [-0.1, -0.05) is 43.0 Å². The van der Waals surface area contributed by atoms with Crippen LogP contribution in [0.3, 0.4) is 0 Å². The van der Waals surface area contributed by atoms with Gasteiger partial charge in [0.05, 0.1) is 0 Å². The maximum Gasteiger partial charge on any atom is 0.365 e. The van der Waals surface area contributed by atoms with Crippen molar-refractivity contribution in [2.75, 3.05) is 0 Å². The van der Waals surface area contributed by atoms with Crippen molar-refractivity contribution in [3.63, 3.8) is 0 Å². The third-order valence-corrected chi connectivity index (χ3v) is 1.71. The van der Waals surface area contributed by atoms with Gasteiger partial charge < -0.3 is 5.11 Å². The lowest BCUT2D eigenvalue weighted by Gasteiger charge is -2.01. The van der Waals surface area contributed by atoms with Crippen molar-refractivity contribution in [2.24, 2.45) is 0 Å². The molecule has 0 aliphatic carbocycles.